The number of methoxy groups -OCH3 is 1. The van der Waals surface area contributed by atoms with E-state index in [-0.39, 0.29) is 5.75 Å². The zero-order chi connectivity index (χ0) is 16.7. The van der Waals surface area contributed by atoms with E-state index in [1.807, 2.05) is 29.2 Å². The van der Waals surface area contributed by atoms with Crippen LogP contribution in [0.1, 0.15) is 17.5 Å². The van der Waals surface area contributed by atoms with Crippen molar-refractivity contribution in [1.29, 1.82) is 0 Å². The van der Waals surface area contributed by atoms with Gasteiger partial charge in [0.15, 0.2) is 16.6 Å². The Balaban J connectivity index is 1.95. The highest BCUT2D eigenvalue weighted by Crippen LogP contribution is 2.26. The van der Waals surface area contributed by atoms with Crippen molar-refractivity contribution in [3.63, 3.8) is 0 Å². The highest BCUT2D eigenvalue weighted by molar-refractivity contribution is 7.80. The van der Waals surface area contributed by atoms with Crippen molar-refractivity contribution >= 4 is 17.3 Å². The molecule has 0 bridgehead atoms. The van der Waals surface area contributed by atoms with Gasteiger partial charge in [0, 0.05) is 13.1 Å². The summed E-state index contributed by atoms with van der Waals surface area (Å²) in [6.45, 7) is 1.38. The third-order valence-electron chi connectivity index (χ3n) is 3.67. The normalized spacial score (nSPS) is 10.3. The van der Waals surface area contributed by atoms with Crippen LogP contribution >= 0.6 is 12.2 Å². The molecule has 0 atom stereocenters. The molecule has 23 heavy (non-hydrogen) atoms. The maximum atomic E-state index is 9.66. The van der Waals surface area contributed by atoms with E-state index in [0.717, 1.165) is 24.9 Å². The molecule has 2 aromatic carbocycles. The molecule has 0 saturated carbocycles. The molecular weight excluding hydrogens is 308 g/mol. The number of phenols is 1. The summed E-state index contributed by atoms with van der Waals surface area (Å²) in [6.07, 6.45) is 1.95. The number of phenolic OH excluding ortho intramolecular Hbond substituents is 1. The fourth-order valence-electron chi connectivity index (χ4n) is 2.43. The summed E-state index contributed by atoms with van der Waals surface area (Å²) in [7, 11) is 1.53. The van der Waals surface area contributed by atoms with Gasteiger partial charge in [0.05, 0.1) is 7.11 Å². The van der Waals surface area contributed by atoms with Crippen molar-refractivity contribution in [1.82, 2.24) is 4.90 Å². The summed E-state index contributed by atoms with van der Waals surface area (Å²) < 4.78 is 5.13. The third kappa shape index (κ3) is 5.14. The molecular formula is C18H22N2O2S. The molecule has 0 aliphatic heterocycles. The second-order valence-electron chi connectivity index (χ2n) is 5.36. The number of hydrogen-bond acceptors (Lipinski definition) is 3. The number of rotatable bonds is 7. The standard InChI is InChI=1S/C18H22N2O2S/c1-22-17-12-15(9-10-16(17)21)13-20(18(19)23)11-5-8-14-6-3-2-4-7-14/h2-4,6-7,9-10,12,21H,5,8,11,13H2,1H3,(H2,19,23). The Kier molecular flexibility index (Phi) is 6.23. The van der Waals surface area contributed by atoms with Gasteiger partial charge in [-0.15, -0.1) is 0 Å². The van der Waals surface area contributed by atoms with Crippen LogP contribution < -0.4 is 10.5 Å². The summed E-state index contributed by atoms with van der Waals surface area (Å²) in [5.74, 6) is 0.580. The molecule has 3 N–H and O–H groups in total. The second kappa shape index (κ2) is 8.39. The van der Waals surface area contributed by atoms with E-state index in [0.29, 0.717) is 17.4 Å². The van der Waals surface area contributed by atoms with Gasteiger partial charge in [-0.05, 0) is 48.3 Å². The zero-order valence-electron chi connectivity index (χ0n) is 13.2. The molecule has 2 aromatic rings. The minimum Gasteiger partial charge on any atom is -0.504 e. The quantitative estimate of drug-likeness (QED) is 0.764. The van der Waals surface area contributed by atoms with Gasteiger partial charge >= 0.3 is 0 Å². The van der Waals surface area contributed by atoms with Gasteiger partial charge < -0.3 is 20.5 Å². The second-order valence-corrected chi connectivity index (χ2v) is 5.77. The van der Waals surface area contributed by atoms with Crippen LogP contribution in [0.5, 0.6) is 11.5 Å². The Morgan fingerprint density at radius 1 is 1.17 bits per heavy atom. The van der Waals surface area contributed by atoms with Gasteiger partial charge in [-0.2, -0.15) is 0 Å². The average molecular weight is 330 g/mol. The molecule has 0 aromatic heterocycles. The lowest BCUT2D eigenvalue weighted by molar-refractivity contribution is 0.369. The van der Waals surface area contributed by atoms with Gasteiger partial charge in [-0.1, -0.05) is 36.4 Å². The zero-order valence-corrected chi connectivity index (χ0v) is 14.1. The molecule has 5 heteroatoms. The van der Waals surface area contributed by atoms with E-state index in [9.17, 15) is 5.11 Å². The van der Waals surface area contributed by atoms with Crippen LogP contribution in [0.25, 0.3) is 0 Å². The van der Waals surface area contributed by atoms with Crippen molar-refractivity contribution in [2.24, 2.45) is 5.73 Å². The first-order valence-electron chi connectivity index (χ1n) is 7.54. The number of hydrogen-bond donors (Lipinski definition) is 2. The summed E-state index contributed by atoms with van der Waals surface area (Å²) >= 11 is 5.16. The lowest BCUT2D eigenvalue weighted by Crippen LogP contribution is -2.35. The molecule has 0 heterocycles. The number of nitrogens with two attached hydrogens (primary N) is 1. The molecule has 0 aliphatic carbocycles. The van der Waals surface area contributed by atoms with Gasteiger partial charge in [0.25, 0.3) is 0 Å². The average Bonchev–Trinajstić information content (AvgIpc) is 2.56. The number of nitrogens with zero attached hydrogens (tertiary/aromatic N) is 1. The van der Waals surface area contributed by atoms with Crippen LogP contribution in [0, 0.1) is 0 Å². The van der Waals surface area contributed by atoms with Crippen LogP contribution in [0.3, 0.4) is 0 Å². The molecule has 0 amide bonds. The Morgan fingerprint density at radius 2 is 1.91 bits per heavy atom. The highest BCUT2D eigenvalue weighted by atomic mass is 32.1. The van der Waals surface area contributed by atoms with Crippen LogP contribution in [0.4, 0.5) is 0 Å². The lowest BCUT2D eigenvalue weighted by Gasteiger charge is -2.23. The first kappa shape index (κ1) is 17.1. The Morgan fingerprint density at radius 3 is 2.57 bits per heavy atom. The maximum absolute atomic E-state index is 9.66. The van der Waals surface area contributed by atoms with Gasteiger partial charge in [-0.3, -0.25) is 0 Å². The predicted molar refractivity (Wildman–Crippen MR) is 96.6 cm³/mol. The monoisotopic (exact) mass is 330 g/mol. The third-order valence-corrected chi connectivity index (χ3v) is 3.92. The van der Waals surface area contributed by atoms with Crippen molar-refractivity contribution in [3.8, 4) is 11.5 Å². The van der Waals surface area contributed by atoms with Gasteiger partial charge in [-0.25, -0.2) is 0 Å². The molecule has 0 aliphatic rings. The predicted octanol–water partition coefficient (Wildman–Crippen LogP) is 3.08. The molecule has 0 fully saturated rings. The molecule has 0 radical (unpaired) electrons. The fourth-order valence-corrected chi connectivity index (χ4v) is 2.58. The Labute approximate surface area is 142 Å². The van der Waals surface area contributed by atoms with Crippen molar-refractivity contribution in [2.45, 2.75) is 19.4 Å². The summed E-state index contributed by atoms with van der Waals surface area (Å²) in [4.78, 5) is 1.96. The summed E-state index contributed by atoms with van der Waals surface area (Å²) in [6, 6.07) is 15.6. The van der Waals surface area contributed by atoms with Gasteiger partial charge in [0.1, 0.15) is 0 Å². The first-order chi connectivity index (χ1) is 11.1. The Hall–Kier alpha value is -2.27. The smallest absolute Gasteiger partial charge is 0.166 e. The van der Waals surface area contributed by atoms with Crippen LogP contribution in [-0.4, -0.2) is 28.8 Å². The van der Waals surface area contributed by atoms with E-state index in [1.54, 1.807) is 12.1 Å². The lowest BCUT2D eigenvalue weighted by atomic mass is 10.1. The van der Waals surface area contributed by atoms with Crippen molar-refractivity contribution in [2.75, 3.05) is 13.7 Å². The minimum atomic E-state index is 0.127. The Bertz CT molecular complexity index is 647. The van der Waals surface area contributed by atoms with Crippen molar-refractivity contribution < 1.29 is 9.84 Å². The SMILES string of the molecule is COc1cc(CN(CCCc2ccccc2)C(N)=S)ccc1O. The molecule has 0 unspecified atom stereocenters. The van der Waals surface area contributed by atoms with Crippen LogP contribution in [-0.2, 0) is 13.0 Å². The summed E-state index contributed by atoms with van der Waals surface area (Å²) in [5.41, 5.74) is 8.14. The van der Waals surface area contributed by atoms with Crippen molar-refractivity contribution in [3.05, 3.63) is 59.7 Å². The molecule has 0 saturated heterocycles. The number of thiocarbonyl (C=S) groups is 1. The largest absolute Gasteiger partial charge is 0.504 e. The fraction of sp³-hybridized carbons (Fsp3) is 0.278. The van der Waals surface area contributed by atoms with E-state index in [4.69, 9.17) is 22.7 Å². The molecule has 4 nitrogen and oxygen atoms in total. The van der Waals surface area contributed by atoms with E-state index >= 15 is 0 Å². The number of ether oxygens (including phenoxy) is 1. The van der Waals surface area contributed by atoms with Gasteiger partial charge in [0.2, 0.25) is 0 Å². The molecule has 2 rings (SSSR count). The topological polar surface area (TPSA) is 58.7 Å². The minimum absolute atomic E-state index is 0.127. The maximum Gasteiger partial charge on any atom is 0.166 e. The van der Waals surface area contributed by atoms with Crippen LogP contribution in [0.15, 0.2) is 48.5 Å². The number of aryl methyl sites for hydroxylation is 1. The number of benzene rings is 2. The van der Waals surface area contributed by atoms with E-state index in [1.165, 1.54) is 12.7 Å². The van der Waals surface area contributed by atoms with E-state index in [2.05, 4.69) is 12.1 Å². The first-order valence-corrected chi connectivity index (χ1v) is 7.95. The molecule has 0 spiro atoms. The van der Waals surface area contributed by atoms with Crippen LogP contribution in [0.2, 0.25) is 0 Å². The number of aromatic hydroxyl groups is 1. The van der Waals surface area contributed by atoms with E-state index < -0.39 is 0 Å². The molecule has 122 valence electrons. The highest BCUT2D eigenvalue weighted by Gasteiger charge is 2.10. The summed E-state index contributed by atoms with van der Waals surface area (Å²) in [5, 5.41) is 10.0.